The van der Waals surface area contributed by atoms with Crippen molar-refractivity contribution in [2.45, 2.75) is 37.3 Å². The fraction of sp³-hybridized carbons (Fsp3) is 0.375. The molecule has 0 bridgehead atoms. The van der Waals surface area contributed by atoms with E-state index in [2.05, 4.69) is 15.6 Å². The van der Waals surface area contributed by atoms with Gasteiger partial charge in [-0.25, -0.2) is 14.5 Å². The second-order valence-electron chi connectivity index (χ2n) is 8.66. The van der Waals surface area contributed by atoms with Crippen LogP contribution in [-0.4, -0.2) is 58.9 Å². The van der Waals surface area contributed by atoms with Crippen molar-refractivity contribution in [3.8, 4) is 0 Å². The summed E-state index contributed by atoms with van der Waals surface area (Å²) in [7, 11) is 1.52. The number of aromatic nitrogens is 1. The number of urea groups is 1. The molecule has 1 aromatic heterocycles. The summed E-state index contributed by atoms with van der Waals surface area (Å²) < 4.78 is 5.63. The van der Waals surface area contributed by atoms with Crippen LogP contribution in [0.3, 0.4) is 0 Å². The molecule has 2 saturated heterocycles. The van der Waals surface area contributed by atoms with E-state index < -0.39 is 17.6 Å². The zero-order valence-electron chi connectivity index (χ0n) is 18.7. The molecule has 5 amide bonds. The topological polar surface area (TPSA) is 121 Å². The standard InChI is InChI=1S/C24H25N5O5/c1-25-22(32)27-16-7-8-17-15(13-16)9-10-24(17)21(31)29(23(33)34-24)14-20(30)28-12-4-6-19(28)18-5-2-3-11-26-18/h2-3,5,7-8,11,13,19H,4,6,9-10,12,14H2,1H3,(H2,25,27,32)/t19?,24-/m1/s1. The normalized spacial score (nSPS) is 23.3. The van der Waals surface area contributed by atoms with Gasteiger partial charge in [-0.3, -0.25) is 14.6 Å². The molecule has 3 heterocycles. The van der Waals surface area contributed by atoms with Gasteiger partial charge in [0.05, 0.1) is 11.7 Å². The molecule has 2 fully saturated rings. The molecule has 1 spiro atoms. The SMILES string of the molecule is CNC(=O)Nc1ccc2c(c1)CC[C@@]21OC(=O)N(CC(=O)N2CCCC2c2ccccn2)C1=O. The van der Waals surface area contributed by atoms with Crippen LogP contribution < -0.4 is 10.6 Å². The van der Waals surface area contributed by atoms with Gasteiger partial charge in [0.15, 0.2) is 0 Å². The van der Waals surface area contributed by atoms with E-state index in [1.54, 1.807) is 29.3 Å². The summed E-state index contributed by atoms with van der Waals surface area (Å²) >= 11 is 0. The molecule has 1 aromatic carbocycles. The summed E-state index contributed by atoms with van der Waals surface area (Å²) in [5.74, 6) is -0.830. The Kier molecular flexibility index (Phi) is 5.43. The highest BCUT2D eigenvalue weighted by atomic mass is 16.6. The smallest absolute Gasteiger partial charge is 0.418 e. The first kappa shape index (κ1) is 21.9. The molecule has 34 heavy (non-hydrogen) atoms. The van der Waals surface area contributed by atoms with Gasteiger partial charge in [-0.2, -0.15) is 0 Å². The number of nitrogens with zero attached hydrogens (tertiary/aromatic N) is 3. The lowest BCUT2D eigenvalue weighted by atomic mass is 9.94. The molecule has 10 heteroatoms. The van der Waals surface area contributed by atoms with Gasteiger partial charge in [-0.1, -0.05) is 12.1 Å². The van der Waals surface area contributed by atoms with Gasteiger partial charge in [-0.05, 0) is 49.1 Å². The van der Waals surface area contributed by atoms with Crippen LogP contribution in [0.2, 0.25) is 0 Å². The van der Waals surface area contributed by atoms with E-state index in [-0.39, 0.29) is 24.5 Å². The van der Waals surface area contributed by atoms with Crippen molar-refractivity contribution in [3.05, 3.63) is 59.4 Å². The molecule has 1 aliphatic carbocycles. The summed E-state index contributed by atoms with van der Waals surface area (Å²) in [5, 5.41) is 5.18. The molecule has 2 aliphatic heterocycles. The molecule has 0 saturated carbocycles. The fourth-order valence-corrected chi connectivity index (χ4v) is 5.10. The molecule has 3 aliphatic rings. The average Bonchev–Trinajstić information content (AvgIpc) is 3.53. The number of likely N-dealkylation sites (tertiary alicyclic amines) is 1. The molecule has 5 rings (SSSR count). The van der Waals surface area contributed by atoms with Gasteiger partial charge in [0.2, 0.25) is 11.5 Å². The minimum Gasteiger partial charge on any atom is -0.427 e. The molecule has 10 nitrogen and oxygen atoms in total. The summed E-state index contributed by atoms with van der Waals surface area (Å²) in [5.41, 5.74) is 1.36. The second-order valence-corrected chi connectivity index (χ2v) is 8.66. The maximum Gasteiger partial charge on any atom is 0.418 e. The van der Waals surface area contributed by atoms with Crippen LogP contribution in [-0.2, 0) is 26.3 Å². The molecular weight excluding hydrogens is 438 g/mol. The Balaban J connectivity index is 1.34. The van der Waals surface area contributed by atoms with E-state index in [1.807, 2.05) is 18.2 Å². The van der Waals surface area contributed by atoms with Gasteiger partial charge >= 0.3 is 12.1 Å². The lowest BCUT2D eigenvalue weighted by Crippen LogP contribution is -2.44. The van der Waals surface area contributed by atoms with Crippen LogP contribution in [0.15, 0.2) is 42.6 Å². The number of ether oxygens (including phenoxy) is 1. The Morgan fingerprint density at radius 1 is 1.24 bits per heavy atom. The summed E-state index contributed by atoms with van der Waals surface area (Å²) in [4.78, 5) is 57.9. The van der Waals surface area contributed by atoms with Gasteiger partial charge in [0.25, 0.3) is 5.91 Å². The maximum atomic E-state index is 13.4. The van der Waals surface area contributed by atoms with E-state index in [1.165, 1.54) is 7.05 Å². The van der Waals surface area contributed by atoms with E-state index in [4.69, 9.17) is 4.74 Å². The number of hydrogen-bond acceptors (Lipinski definition) is 6. The fourth-order valence-electron chi connectivity index (χ4n) is 5.10. The van der Waals surface area contributed by atoms with Gasteiger partial charge < -0.3 is 20.3 Å². The van der Waals surface area contributed by atoms with Gasteiger partial charge in [0, 0.05) is 37.5 Å². The molecule has 2 atom stereocenters. The van der Waals surface area contributed by atoms with Crippen molar-refractivity contribution in [1.29, 1.82) is 0 Å². The largest absolute Gasteiger partial charge is 0.427 e. The summed E-state index contributed by atoms with van der Waals surface area (Å²) in [6.45, 7) is 0.181. The molecule has 0 radical (unpaired) electrons. The summed E-state index contributed by atoms with van der Waals surface area (Å²) in [6, 6.07) is 10.2. The van der Waals surface area contributed by atoms with Crippen molar-refractivity contribution in [2.75, 3.05) is 25.5 Å². The quantitative estimate of drug-likeness (QED) is 0.718. The van der Waals surface area contributed by atoms with Crippen LogP contribution in [0, 0.1) is 0 Å². The first-order valence-electron chi connectivity index (χ1n) is 11.3. The van der Waals surface area contributed by atoms with Gasteiger partial charge in [-0.15, -0.1) is 0 Å². The third-order valence-electron chi connectivity index (χ3n) is 6.74. The van der Waals surface area contributed by atoms with Crippen molar-refractivity contribution < 1.29 is 23.9 Å². The number of amides is 5. The number of aryl methyl sites for hydroxylation is 1. The average molecular weight is 463 g/mol. The Morgan fingerprint density at radius 3 is 2.85 bits per heavy atom. The molecule has 1 unspecified atom stereocenters. The number of pyridine rings is 1. The number of anilines is 1. The van der Waals surface area contributed by atoms with E-state index >= 15 is 0 Å². The van der Waals surface area contributed by atoms with E-state index in [0.29, 0.717) is 30.6 Å². The lowest BCUT2D eigenvalue weighted by molar-refractivity contribution is -0.142. The number of nitrogens with one attached hydrogen (secondary N) is 2. The van der Waals surface area contributed by atoms with Crippen LogP contribution in [0.5, 0.6) is 0 Å². The highest BCUT2D eigenvalue weighted by molar-refractivity contribution is 6.06. The Bertz CT molecular complexity index is 1170. The number of carbonyl (C=O) groups excluding carboxylic acids is 4. The van der Waals surface area contributed by atoms with Crippen molar-refractivity contribution >= 4 is 29.6 Å². The number of rotatable bonds is 4. The van der Waals surface area contributed by atoms with Crippen molar-refractivity contribution in [3.63, 3.8) is 0 Å². The number of imide groups is 1. The van der Waals surface area contributed by atoms with E-state index in [0.717, 1.165) is 29.0 Å². The molecule has 176 valence electrons. The molecule has 2 N–H and O–H groups in total. The first-order chi connectivity index (χ1) is 16.4. The Hall–Kier alpha value is -3.95. The monoisotopic (exact) mass is 463 g/mol. The number of hydrogen-bond donors (Lipinski definition) is 2. The van der Waals surface area contributed by atoms with Crippen LogP contribution >= 0.6 is 0 Å². The Morgan fingerprint density at radius 2 is 2.09 bits per heavy atom. The van der Waals surface area contributed by atoms with Gasteiger partial charge in [0.1, 0.15) is 6.54 Å². The minimum absolute atomic E-state index is 0.171. The Labute approximate surface area is 196 Å². The van der Waals surface area contributed by atoms with Crippen molar-refractivity contribution in [2.24, 2.45) is 0 Å². The number of fused-ring (bicyclic) bond motifs is 2. The maximum absolute atomic E-state index is 13.4. The summed E-state index contributed by atoms with van der Waals surface area (Å²) in [6.07, 6.45) is 3.29. The van der Waals surface area contributed by atoms with Crippen molar-refractivity contribution in [1.82, 2.24) is 20.1 Å². The zero-order valence-corrected chi connectivity index (χ0v) is 18.7. The number of carbonyl (C=O) groups is 4. The van der Waals surface area contributed by atoms with Crippen LogP contribution in [0.1, 0.15) is 42.1 Å². The zero-order chi connectivity index (χ0) is 23.9. The van der Waals surface area contributed by atoms with E-state index in [9.17, 15) is 19.2 Å². The predicted molar refractivity (Wildman–Crippen MR) is 121 cm³/mol. The first-order valence-corrected chi connectivity index (χ1v) is 11.3. The molecule has 2 aromatic rings. The third kappa shape index (κ3) is 3.55. The van der Waals surface area contributed by atoms with Crippen LogP contribution in [0.4, 0.5) is 15.3 Å². The highest BCUT2D eigenvalue weighted by Crippen LogP contribution is 2.46. The molecular formula is C24H25N5O5. The lowest BCUT2D eigenvalue weighted by Gasteiger charge is -2.26. The highest BCUT2D eigenvalue weighted by Gasteiger charge is 2.58. The predicted octanol–water partition coefficient (Wildman–Crippen LogP) is 2.32. The second kappa shape index (κ2) is 8.44. The minimum atomic E-state index is -1.43. The van der Waals surface area contributed by atoms with Crippen LogP contribution in [0.25, 0.3) is 0 Å². The third-order valence-corrected chi connectivity index (χ3v) is 6.74. The number of benzene rings is 1.